The Labute approximate surface area is 188 Å². The largest absolute Gasteiger partial charge is 0.339 e. The number of rotatable bonds is 6. The molecule has 4 heterocycles. The maximum Gasteiger partial charge on any atom is 0.246 e. The van der Waals surface area contributed by atoms with Crippen molar-refractivity contribution in [1.29, 1.82) is 0 Å². The lowest BCUT2D eigenvalue weighted by atomic mass is 9.93. The molecule has 166 valence electrons. The lowest BCUT2D eigenvalue weighted by molar-refractivity contribution is -0.127. The Morgan fingerprint density at radius 2 is 2.06 bits per heavy atom. The van der Waals surface area contributed by atoms with Crippen LogP contribution in [0.1, 0.15) is 35.5 Å². The van der Waals surface area contributed by atoms with Crippen LogP contribution in [0.3, 0.4) is 0 Å². The lowest BCUT2D eigenvalue weighted by Gasteiger charge is -2.32. The van der Waals surface area contributed by atoms with Crippen molar-refractivity contribution in [2.24, 2.45) is 13.0 Å². The van der Waals surface area contributed by atoms with Gasteiger partial charge in [0.25, 0.3) is 0 Å². The minimum absolute atomic E-state index is 0.0540. The summed E-state index contributed by atoms with van der Waals surface area (Å²) in [5, 5.41) is 7.55. The van der Waals surface area contributed by atoms with Gasteiger partial charge in [0.1, 0.15) is 11.6 Å². The zero-order valence-electron chi connectivity index (χ0n) is 18.8. The molecule has 1 aliphatic rings. The van der Waals surface area contributed by atoms with Gasteiger partial charge in [0.15, 0.2) is 0 Å². The Kier molecular flexibility index (Phi) is 6.58. The Morgan fingerprint density at radius 1 is 1.19 bits per heavy atom. The molecule has 3 aromatic rings. The van der Waals surface area contributed by atoms with Crippen molar-refractivity contribution in [1.82, 2.24) is 29.6 Å². The van der Waals surface area contributed by atoms with Crippen molar-refractivity contribution >= 4 is 23.6 Å². The third-order valence-electron chi connectivity index (χ3n) is 5.91. The zero-order valence-corrected chi connectivity index (χ0v) is 18.8. The quantitative estimate of drug-likeness (QED) is 0.601. The number of carbonyl (C=O) groups excluding carboxylic acids is 1. The van der Waals surface area contributed by atoms with Crippen molar-refractivity contribution in [3.8, 4) is 0 Å². The second kappa shape index (κ2) is 9.72. The number of anilines is 2. The van der Waals surface area contributed by atoms with Crippen LogP contribution in [0.25, 0.3) is 6.08 Å². The summed E-state index contributed by atoms with van der Waals surface area (Å²) in [6.07, 6.45) is 11.7. The molecule has 0 unspecified atom stereocenters. The van der Waals surface area contributed by atoms with Crippen LogP contribution in [-0.4, -0.2) is 48.6 Å². The Balaban J connectivity index is 1.33. The van der Waals surface area contributed by atoms with Crippen LogP contribution in [0, 0.1) is 19.8 Å². The normalized spacial score (nSPS) is 16.5. The third-order valence-corrected chi connectivity index (χ3v) is 5.91. The van der Waals surface area contributed by atoms with E-state index in [4.69, 9.17) is 0 Å². The summed E-state index contributed by atoms with van der Waals surface area (Å²) in [5.41, 5.74) is 3.95. The van der Waals surface area contributed by atoms with Gasteiger partial charge in [0.05, 0.1) is 23.8 Å². The van der Waals surface area contributed by atoms with Gasteiger partial charge < -0.3 is 10.2 Å². The molecule has 8 heteroatoms. The summed E-state index contributed by atoms with van der Waals surface area (Å²) in [5.74, 6) is 1.84. The van der Waals surface area contributed by atoms with E-state index in [9.17, 15) is 4.79 Å². The molecule has 1 fully saturated rings. The second-order valence-electron chi connectivity index (χ2n) is 8.27. The second-order valence-corrected chi connectivity index (χ2v) is 8.27. The smallest absolute Gasteiger partial charge is 0.246 e. The molecule has 1 atom stereocenters. The number of nitrogens with one attached hydrogen (secondary N) is 1. The monoisotopic (exact) mass is 431 g/mol. The highest BCUT2D eigenvalue weighted by Gasteiger charge is 2.23. The Hall–Kier alpha value is -3.55. The van der Waals surface area contributed by atoms with E-state index in [-0.39, 0.29) is 5.91 Å². The van der Waals surface area contributed by atoms with Gasteiger partial charge in [-0.25, -0.2) is 9.97 Å². The number of amides is 1. The highest BCUT2D eigenvalue weighted by molar-refractivity contribution is 5.92. The number of piperidine rings is 1. The molecule has 0 aromatic carbocycles. The molecule has 32 heavy (non-hydrogen) atoms. The van der Waals surface area contributed by atoms with Gasteiger partial charge in [-0.05, 0) is 57.2 Å². The predicted octanol–water partition coefficient (Wildman–Crippen LogP) is 3.46. The number of aryl methyl sites for hydroxylation is 2. The number of aromatic nitrogens is 5. The van der Waals surface area contributed by atoms with Gasteiger partial charge in [-0.1, -0.05) is 6.07 Å². The zero-order chi connectivity index (χ0) is 22.5. The lowest BCUT2D eigenvalue weighted by Crippen LogP contribution is -2.39. The molecule has 0 bridgehead atoms. The highest BCUT2D eigenvalue weighted by Crippen LogP contribution is 2.21. The molecule has 1 N–H and O–H groups in total. The van der Waals surface area contributed by atoms with Crippen LogP contribution < -0.4 is 5.32 Å². The fraction of sp³-hybridized carbons (Fsp3) is 0.375. The summed E-state index contributed by atoms with van der Waals surface area (Å²) in [6.45, 7) is 5.51. The molecule has 1 aliphatic heterocycles. The van der Waals surface area contributed by atoms with Gasteiger partial charge in [0, 0.05) is 43.7 Å². The van der Waals surface area contributed by atoms with Crippen LogP contribution in [0.4, 0.5) is 11.6 Å². The van der Waals surface area contributed by atoms with E-state index >= 15 is 0 Å². The molecule has 3 aromatic heterocycles. The fourth-order valence-corrected chi connectivity index (χ4v) is 4.11. The van der Waals surface area contributed by atoms with Gasteiger partial charge >= 0.3 is 0 Å². The molecule has 8 nitrogen and oxygen atoms in total. The molecule has 0 spiro atoms. The minimum atomic E-state index is 0.0540. The van der Waals surface area contributed by atoms with E-state index in [1.165, 1.54) is 0 Å². The van der Waals surface area contributed by atoms with E-state index in [0.717, 1.165) is 60.8 Å². The molecular weight excluding hydrogens is 402 g/mol. The summed E-state index contributed by atoms with van der Waals surface area (Å²) >= 11 is 0. The average molecular weight is 432 g/mol. The molecule has 4 rings (SSSR count). The van der Waals surface area contributed by atoms with E-state index in [2.05, 4.69) is 25.4 Å². The van der Waals surface area contributed by atoms with Crippen molar-refractivity contribution in [3.63, 3.8) is 0 Å². The van der Waals surface area contributed by atoms with E-state index in [0.29, 0.717) is 11.7 Å². The van der Waals surface area contributed by atoms with Crippen molar-refractivity contribution in [3.05, 3.63) is 65.5 Å². The molecule has 0 aliphatic carbocycles. The maximum absolute atomic E-state index is 12.8. The van der Waals surface area contributed by atoms with Gasteiger partial charge in [0.2, 0.25) is 5.91 Å². The predicted molar refractivity (Wildman–Crippen MR) is 124 cm³/mol. The first-order valence-electron chi connectivity index (χ1n) is 11.0. The first kappa shape index (κ1) is 21.7. The molecule has 1 amide bonds. The van der Waals surface area contributed by atoms with Gasteiger partial charge in [-0.2, -0.15) is 5.10 Å². The summed E-state index contributed by atoms with van der Waals surface area (Å²) < 4.78 is 1.84. The fourth-order valence-electron chi connectivity index (χ4n) is 4.11. The SMILES string of the molecule is Cc1nn(C)c(C)c1/C=C/C(=O)N1CCC[C@H](Cc2cnc(Nc3ccccn3)cn2)C1. The summed E-state index contributed by atoms with van der Waals surface area (Å²) in [6, 6.07) is 5.67. The van der Waals surface area contributed by atoms with Crippen molar-refractivity contribution < 1.29 is 4.79 Å². The number of hydrogen-bond acceptors (Lipinski definition) is 6. The number of nitrogens with zero attached hydrogens (tertiary/aromatic N) is 6. The number of pyridine rings is 1. The standard InChI is InChI=1S/C24H29N7O/c1-17-21(18(2)30(3)29-17)9-10-24(32)31-12-6-7-19(16-31)13-20-14-27-23(15-26-20)28-22-8-4-5-11-25-22/h4-5,8-11,14-15,19H,6-7,12-13,16H2,1-3H3,(H,25,27,28)/b10-9+/t19-/m1/s1. The summed E-state index contributed by atoms with van der Waals surface area (Å²) in [4.78, 5) is 28.0. The Morgan fingerprint density at radius 3 is 2.75 bits per heavy atom. The van der Waals surface area contributed by atoms with Crippen molar-refractivity contribution in [2.75, 3.05) is 18.4 Å². The van der Waals surface area contributed by atoms with Crippen molar-refractivity contribution in [2.45, 2.75) is 33.1 Å². The van der Waals surface area contributed by atoms with Crippen LogP contribution in [0.2, 0.25) is 0 Å². The first-order chi connectivity index (χ1) is 15.5. The van der Waals surface area contributed by atoms with E-state index in [1.54, 1.807) is 24.7 Å². The van der Waals surface area contributed by atoms with Gasteiger partial charge in [-0.3, -0.25) is 14.5 Å². The van der Waals surface area contributed by atoms with Crippen LogP contribution in [0.5, 0.6) is 0 Å². The van der Waals surface area contributed by atoms with Crippen LogP contribution >= 0.6 is 0 Å². The molecular formula is C24H29N7O. The maximum atomic E-state index is 12.8. The van der Waals surface area contributed by atoms with Crippen LogP contribution in [0.15, 0.2) is 42.9 Å². The average Bonchev–Trinajstić information content (AvgIpc) is 3.05. The van der Waals surface area contributed by atoms with E-state index in [1.807, 2.05) is 54.8 Å². The van der Waals surface area contributed by atoms with Gasteiger partial charge in [-0.15, -0.1) is 0 Å². The number of carbonyl (C=O) groups is 1. The third kappa shape index (κ3) is 5.19. The molecule has 0 saturated carbocycles. The van der Waals surface area contributed by atoms with E-state index < -0.39 is 0 Å². The number of likely N-dealkylation sites (tertiary alicyclic amines) is 1. The first-order valence-corrected chi connectivity index (χ1v) is 11.0. The topological polar surface area (TPSA) is 88.8 Å². The molecule has 0 radical (unpaired) electrons. The Bertz CT molecular complexity index is 1090. The highest BCUT2D eigenvalue weighted by atomic mass is 16.2. The van der Waals surface area contributed by atoms with Crippen LogP contribution in [-0.2, 0) is 18.3 Å². The molecule has 1 saturated heterocycles. The minimum Gasteiger partial charge on any atom is -0.339 e. The summed E-state index contributed by atoms with van der Waals surface area (Å²) in [7, 11) is 1.92. The number of hydrogen-bond donors (Lipinski definition) is 1.